The number of aromatic nitrogens is 2. The molecule has 1 aliphatic rings. The van der Waals surface area contributed by atoms with Gasteiger partial charge in [-0.25, -0.2) is 9.78 Å². The van der Waals surface area contributed by atoms with Crippen molar-refractivity contribution in [1.29, 1.82) is 0 Å². The van der Waals surface area contributed by atoms with Crippen molar-refractivity contribution in [2.24, 2.45) is 0 Å². The number of fused-ring (bicyclic) bond motifs is 1. The molecule has 0 radical (unpaired) electrons. The number of ether oxygens (including phenoxy) is 2. The van der Waals surface area contributed by atoms with Crippen LogP contribution >= 0.6 is 11.3 Å². The molecule has 4 rings (SSSR count). The third-order valence-electron chi connectivity index (χ3n) is 4.44. The van der Waals surface area contributed by atoms with Gasteiger partial charge in [0.05, 0.1) is 13.2 Å². The van der Waals surface area contributed by atoms with E-state index in [2.05, 4.69) is 9.97 Å². The number of H-pyrrole nitrogens is 1. The Morgan fingerprint density at radius 3 is 3.00 bits per heavy atom. The van der Waals surface area contributed by atoms with Crippen molar-refractivity contribution in [3.8, 4) is 0 Å². The Morgan fingerprint density at radius 1 is 1.38 bits per heavy atom. The Balaban J connectivity index is 1.69. The lowest BCUT2D eigenvalue weighted by atomic mass is 10.1. The molecular weight excluding hydrogens is 390 g/mol. The first kappa shape index (κ1) is 18.9. The van der Waals surface area contributed by atoms with Gasteiger partial charge >= 0.3 is 5.97 Å². The SMILES string of the molecule is CCOC(=O)C1=C(N(C)Cc2cccs2)OC(=Cc2c[nH]c3ncccc23)C1=O. The molecule has 0 amide bonds. The van der Waals surface area contributed by atoms with Crippen LogP contribution in [0, 0.1) is 0 Å². The summed E-state index contributed by atoms with van der Waals surface area (Å²) in [4.78, 5) is 35.6. The Bertz CT molecular complexity index is 1130. The zero-order chi connectivity index (χ0) is 20.4. The number of nitrogens with zero attached hydrogens (tertiary/aromatic N) is 2. The van der Waals surface area contributed by atoms with Crippen molar-refractivity contribution in [1.82, 2.24) is 14.9 Å². The normalized spacial score (nSPS) is 15.2. The molecule has 3 aromatic heterocycles. The van der Waals surface area contributed by atoms with E-state index in [0.29, 0.717) is 12.2 Å². The summed E-state index contributed by atoms with van der Waals surface area (Å²) in [6.45, 7) is 2.38. The van der Waals surface area contributed by atoms with Gasteiger partial charge in [0.15, 0.2) is 11.3 Å². The molecule has 0 fully saturated rings. The van der Waals surface area contributed by atoms with Crippen molar-refractivity contribution in [2.75, 3.05) is 13.7 Å². The monoisotopic (exact) mass is 409 g/mol. The van der Waals surface area contributed by atoms with Crippen LogP contribution in [-0.2, 0) is 25.6 Å². The van der Waals surface area contributed by atoms with Crippen LogP contribution in [0.5, 0.6) is 0 Å². The highest BCUT2D eigenvalue weighted by Crippen LogP contribution is 2.31. The van der Waals surface area contributed by atoms with Gasteiger partial charge in [-0.3, -0.25) is 4.79 Å². The molecule has 8 heteroatoms. The van der Waals surface area contributed by atoms with E-state index in [4.69, 9.17) is 9.47 Å². The fraction of sp³-hybridized carbons (Fsp3) is 0.190. The number of carbonyl (C=O) groups is 2. The Morgan fingerprint density at radius 2 is 2.24 bits per heavy atom. The van der Waals surface area contributed by atoms with Gasteiger partial charge in [-0.1, -0.05) is 6.07 Å². The van der Waals surface area contributed by atoms with Crippen molar-refractivity contribution in [3.63, 3.8) is 0 Å². The summed E-state index contributed by atoms with van der Waals surface area (Å²) in [5, 5.41) is 2.83. The summed E-state index contributed by atoms with van der Waals surface area (Å²) >= 11 is 1.59. The largest absolute Gasteiger partial charge is 0.462 e. The Hall–Kier alpha value is -3.39. The number of Topliss-reactive ketones (excluding diaryl/α,β-unsaturated/α-hetero) is 1. The predicted octanol–water partition coefficient (Wildman–Crippen LogP) is 3.47. The average Bonchev–Trinajstić information content (AvgIpc) is 3.43. The van der Waals surface area contributed by atoms with Gasteiger partial charge in [0.25, 0.3) is 0 Å². The van der Waals surface area contributed by atoms with Crippen LogP contribution in [0.2, 0.25) is 0 Å². The summed E-state index contributed by atoms with van der Waals surface area (Å²) in [6.07, 6.45) is 5.05. The number of carbonyl (C=O) groups excluding carboxylic acids is 2. The van der Waals surface area contributed by atoms with Crippen molar-refractivity contribution in [2.45, 2.75) is 13.5 Å². The maximum Gasteiger partial charge on any atom is 0.347 e. The number of aromatic amines is 1. The molecule has 148 valence electrons. The van der Waals surface area contributed by atoms with E-state index in [1.54, 1.807) is 48.7 Å². The molecule has 0 spiro atoms. The third-order valence-corrected chi connectivity index (χ3v) is 5.30. The minimum absolute atomic E-state index is 0.0748. The highest BCUT2D eigenvalue weighted by Gasteiger charge is 2.38. The molecule has 0 saturated carbocycles. The molecule has 0 aromatic carbocycles. The molecule has 0 unspecified atom stereocenters. The minimum Gasteiger partial charge on any atom is -0.462 e. The summed E-state index contributed by atoms with van der Waals surface area (Å²) in [6, 6.07) is 7.65. The molecule has 0 atom stereocenters. The molecule has 7 nitrogen and oxygen atoms in total. The molecule has 0 bridgehead atoms. The predicted molar refractivity (Wildman–Crippen MR) is 110 cm³/mol. The fourth-order valence-corrected chi connectivity index (χ4v) is 3.87. The number of rotatable bonds is 6. The molecule has 1 N–H and O–H groups in total. The molecule has 29 heavy (non-hydrogen) atoms. The lowest BCUT2D eigenvalue weighted by Crippen LogP contribution is -2.21. The summed E-state index contributed by atoms with van der Waals surface area (Å²) in [5.41, 5.74) is 1.37. The Labute approximate surface area is 171 Å². The van der Waals surface area contributed by atoms with Gasteiger partial charge in [0.2, 0.25) is 11.7 Å². The number of thiophene rings is 1. The third kappa shape index (κ3) is 3.66. The lowest BCUT2D eigenvalue weighted by molar-refractivity contribution is -0.139. The van der Waals surface area contributed by atoms with E-state index < -0.39 is 11.8 Å². The number of allylic oxidation sites excluding steroid dienone is 1. The highest BCUT2D eigenvalue weighted by molar-refractivity contribution is 7.09. The van der Waals surface area contributed by atoms with Crippen LogP contribution < -0.4 is 0 Å². The molecule has 0 aliphatic carbocycles. The van der Waals surface area contributed by atoms with Crippen LogP contribution in [0.25, 0.3) is 17.1 Å². The molecule has 4 heterocycles. The van der Waals surface area contributed by atoms with Gasteiger partial charge in [0, 0.05) is 35.3 Å². The van der Waals surface area contributed by atoms with Crippen LogP contribution in [0.1, 0.15) is 17.4 Å². The highest BCUT2D eigenvalue weighted by atomic mass is 32.1. The van der Waals surface area contributed by atoms with Crippen LogP contribution in [0.3, 0.4) is 0 Å². The first-order valence-corrected chi connectivity index (χ1v) is 9.97. The van der Waals surface area contributed by atoms with Crippen LogP contribution in [-0.4, -0.2) is 40.3 Å². The van der Waals surface area contributed by atoms with Gasteiger partial charge < -0.3 is 19.4 Å². The number of ketones is 1. The molecule has 1 aliphatic heterocycles. The maximum absolute atomic E-state index is 13.0. The van der Waals surface area contributed by atoms with Crippen molar-refractivity contribution >= 4 is 40.2 Å². The number of pyridine rings is 1. The van der Waals surface area contributed by atoms with E-state index in [1.807, 2.05) is 29.6 Å². The second-order valence-electron chi connectivity index (χ2n) is 6.42. The van der Waals surface area contributed by atoms with E-state index in [-0.39, 0.29) is 23.8 Å². The van der Waals surface area contributed by atoms with Crippen LogP contribution in [0.15, 0.2) is 59.3 Å². The first-order valence-electron chi connectivity index (χ1n) is 9.09. The molecule has 0 saturated heterocycles. The van der Waals surface area contributed by atoms with Gasteiger partial charge in [-0.2, -0.15) is 0 Å². The second-order valence-corrected chi connectivity index (χ2v) is 7.45. The average molecular weight is 409 g/mol. The van der Waals surface area contributed by atoms with Gasteiger partial charge in [-0.15, -0.1) is 11.3 Å². The first-order chi connectivity index (χ1) is 14.1. The van der Waals surface area contributed by atoms with Gasteiger partial charge in [-0.05, 0) is 36.6 Å². The molecule has 3 aromatic rings. The standard InChI is InChI=1S/C21H19N3O4S/c1-3-27-21(26)17-18(25)16(10-13-11-23-19-15(13)7-4-8-22-19)28-20(17)24(2)12-14-6-5-9-29-14/h4-11H,3,12H2,1-2H3,(H,22,23). The van der Waals surface area contributed by atoms with Crippen molar-refractivity contribution in [3.05, 3.63) is 69.7 Å². The molecular formula is C21H19N3O4S. The number of nitrogens with one attached hydrogen (secondary N) is 1. The summed E-state index contributed by atoms with van der Waals surface area (Å²) in [7, 11) is 1.78. The second kappa shape index (κ2) is 7.92. The maximum atomic E-state index is 13.0. The summed E-state index contributed by atoms with van der Waals surface area (Å²) in [5.74, 6) is -0.902. The van der Waals surface area contributed by atoms with E-state index in [1.165, 1.54) is 0 Å². The zero-order valence-electron chi connectivity index (χ0n) is 16.0. The van der Waals surface area contributed by atoms with Gasteiger partial charge in [0.1, 0.15) is 5.65 Å². The Kier molecular flexibility index (Phi) is 5.18. The number of hydrogen-bond acceptors (Lipinski definition) is 7. The topological polar surface area (TPSA) is 84.5 Å². The lowest BCUT2D eigenvalue weighted by Gasteiger charge is -2.19. The zero-order valence-corrected chi connectivity index (χ0v) is 16.8. The minimum atomic E-state index is -0.686. The van der Waals surface area contributed by atoms with E-state index in [0.717, 1.165) is 15.8 Å². The van der Waals surface area contributed by atoms with E-state index >= 15 is 0 Å². The number of esters is 1. The van der Waals surface area contributed by atoms with Crippen molar-refractivity contribution < 1.29 is 19.1 Å². The number of hydrogen-bond donors (Lipinski definition) is 1. The summed E-state index contributed by atoms with van der Waals surface area (Å²) < 4.78 is 11.0. The fourth-order valence-electron chi connectivity index (χ4n) is 3.11. The quantitative estimate of drug-likeness (QED) is 0.381. The van der Waals surface area contributed by atoms with E-state index in [9.17, 15) is 9.59 Å². The van der Waals surface area contributed by atoms with Crippen LogP contribution in [0.4, 0.5) is 0 Å². The smallest absolute Gasteiger partial charge is 0.347 e.